The Kier molecular flexibility index (Phi) is 3.57. The van der Waals surface area contributed by atoms with Gasteiger partial charge in [0, 0.05) is 5.56 Å². The standard InChI is InChI=1S/C18H15BrN8/c1-10-15(19)11(2)26(24-10)8-12-3-5-13(6-4-12)16-22-18-14-7-21-23-17(14)20-9-27(18)25-16/h3-7,9H,8H2,1-2H3,(H,21,23). The molecule has 134 valence electrons. The van der Waals surface area contributed by atoms with Crippen molar-refractivity contribution in [3.63, 3.8) is 0 Å². The van der Waals surface area contributed by atoms with Gasteiger partial charge in [-0.15, -0.1) is 5.10 Å². The van der Waals surface area contributed by atoms with Crippen LogP contribution < -0.4 is 0 Å². The van der Waals surface area contributed by atoms with Gasteiger partial charge in [0.25, 0.3) is 0 Å². The number of H-pyrrole nitrogens is 1. The highest BCUT2D eigenvalue weighted by Gasteiger charge is 2.12. The second-order valence-corrected chi connectivity index (χ2v) is 7.21. The maximum Gasteiger partial charge on any atom is 0.182 e. The Morgan fingerprint density at radius 1 is 1.11 bits per heavy atom. The molecule has 0 aliphatic rings. The molecule has 0 atom stereocenters. The van der Waals surface area contributed by atoms with Gasteiger partial charge in [0.1, 0.15) is 6.33 Å². The Morgan fingerprint density at radius 3 is 2.67 bits per heavy atom. The van der Waals surface area contributed by atoms with Crippen molar-refractivity contribution in [3.05, 3.63) is 58.2 Å². The van der Waals surface area contributed by atoms with Gasteiger partial charge in [0.15, 0.2) is 17.1 Å². The minimum Gasteiger partial charge on any atom is -0.264 e. The van der Waals surface area contributed by atoms with Crippen LogP contribution in [-0.4, -0.2) is 39.6 Å². The summed E-state index contributed by atoms with van der Waals surface area (Å²) in [5, 5.41) is 16.8. The molecule has 1 N–H and O–H groups in total. The number of rotatable bonds is 3. The third kappa shape index (κ3) is 2.62. The van der Waals surface area contributed by atoms with E-state index in [1.165, 1.54) is 5.56 Å². The second-order valence-electron chi connectivity index (χ2n) is 6.42. The number of fused-ring (bicyclic) bond motifs is 3. The first-order valence-corrected chi connectivity index (χ1v) is 9.23. The lowest BCUT2D eigenvalue weighted by Gasteiger charge is -2.05. The summed E-state index contributed by atoms with van der Waals surface area (Å²) < 4.78 is 4.74. The lowest BCUT2D eigenvalue weighted by molar-refractivity contribution is 0.659. The van der Waals surface area contributed by atoms with Crippen molar-refractivity contribution in [2.75, 3.05) is 0 Å². The molecular formula is C18H15BrN8. The van der Waals surface area contributed by atoms with Gasteiger partial charge in [-0.25, -0.2) is 14.5 Å². The number of hydrogen-bond donors (Lipinski definition) is 1. The largest absolute Gasteiger partial charge is 0.264 e. The number of benzene rings is 1. The van der Waals surface area contributed by atoms with E-state index in [1.54, 1.807) is 17.0 Å². The summed E-state index contributed by atoms with van der Waals surface area (Å²) in [4.78, 5) is 8.94. The Balaban J connectivity index is 1.47. The van der Waals surface area contributed by atoms with E-state index in [0.29, 0.717) is 11.5 Å². The predicted molar refractivity (Wildman–Crippen MR) is 104 cm³/mol. The highest BCUT2D eigenvalue weighted by atomic mass is 79.9. The van der Waals surface area contributed by atoms with Gasteiger partial charge < -0.3 is 0 Å². The van der Waals surface area contributed by atoms with E-state index in [-0.39, 0.29) is 0 Å². The molecular weight excluding hydrogens is 408 g/mol. The topological polar surface area (TPSA) is 89.6 Å². The van der Waals surface area contributed by atoms with E-state index in [4.69, 9.17) is 0 Å². The van der Waals surface area contributed by atoms with Crippen molar-refractivity contribution in [1.82, 2.24) is 39.6 Å². The quantitative estimate of drug-likeness (QED) is 0.481. The van der Waals surface area contributed by atoms with Crippen LogP contribution in [-0.2, 0) is 6.54 Å². The summed E-state index contributed by atoms with van der Waals surface area (Å²) in [7, 11) is 0. The van der Waals surface area contributed by atoms with Crippen molar-refractivity contribution in [2.45, 2.75) is 20.4 Å². The number of nitrogens with one attached hydrogen (secondary N) is 1. The van der Waals surface area contributed by atoms with E-state index in [2.05, 4.69) is 65.3 Å². The number of aromatic amines is 1. The number of halogens is 1. The number of aryl methyl sites for hydroxylation is 1. The molecule has 0 aliphatic carbocycles. The van der Waals surface area contributed by atoms with Crippen LogP contribution in [0.2, 0.25) is 0 Å². The van der Waals surface area contributed by atoms with Gasteiger partial charge >= 0.3 is 0 Å². The molecule has 0 amide bonds. The highest BCUT2D eigenvalue weighted by molar-refractivity contribution is 9.10. The Hall–Kier alpha value is -3.07. The second kappa shape index (κ2) is 5.98. The summed E-state index contributed by atoms with van der Waals surface area (Å²) in [5.41, 5.74) is 5.67. The third-order valence-corrected chi connectivity index (χ3v) is 5.77. The SMILES string of the molecule is Cc1nn(Cc2ccc(-c3nc4c5cn[nH]c5ncn4n3)cc2)c(C)c1Br. The van der Waals surface area contributed by atoms with Gasteiger partial charge in [-0.05, 0) is 35.3 Å². The van der Waals surface area contributed by atoms with E-state index >= 15 is 0 Å². The number of aromatic nitrogens is 8. The lowest BCUT2D eigenvalue weighted by atomic mass is 10.1. The molecule has 0 saturated carbocycles. The van der Waals surface area contributed by atoms with Crippen LogP contribution in [0, 0.1) is 13.8 Å². The molecule has 9 heteroatoms. The van der Waals surface area contributed by atoms with Gasteiger partial charge in [-0.1, -0.05) is 24.3 Å². The molecule has 5 rings (SSSR count). The van der Waals surface area contributed by atoms with Crippen LogP contribution in [0.3, 0.4) is 0 Å². The molecule has 0 spiro atoms. The highest BCUT2D eigenvalue weighted by Crippen LogP contribution is 2.23. The molecule has 8 nitrogen and oxygen atoms in total. The molecule has 5 aromatic rings. The minimum atomic E-state index is 0.658. The zero-order chi connectivity index (χ0) is 18.5. The zero-order valence-corrected chi connectivity index (χ0v) is 16.3. The summed E-state index contributed by atoms with van der Waals surface area (Å²) in [6, 6.07) is 8.23. The van der Waals surface area contributed by atoms with Crippen LogP contribution in [0.4, 0.5) is 0 Å². The van der Waals surface area contributed by atoms with Crippen LogP contribution in [0.5, 0.6) is 0 Å². The van der Waals surface area contributed by atoms with Crippen molar-refractivity contribution in [3.8, 4) is 11.4 Å². The maximum atomic E-state index is 4.65. The summed E-state index contributed by atoms with van der Waals surface area (Å²) in [5.74, 6) is 0.658. The first kappa shape index (κ1) is 16.1. The monoisotopic (exact) mass is 422 g/mol. The van der Waals surface area contributed by atoms with E-state index < -0.39 is 0 Å². The van der Waals surface area contributed by atoms with Gasteiger partial charge in [0.2, 0.25) is 0 Å². The zero-order valence-electron chi connectivity index (χ0n) is 14.7. The molecule has 4 heterocycles. The predicted octanol–water partition coefficient (Wildman–Crippen LogP) is 3.29. The fourth-order valence-corrected chi connectivity index (χ4v) is 3.41. The fourth-order valence-electron chi connectivity index (χ4n) is 3.12. The molecule has 0 radical (unpaired) electrons. The average Bonchev–Trinajstić information content (AvgIpc) is 3.37. The average molecular weight is 423 g/mol. The van der Waals surface area contributed by atoms with Gasteiger partial charge in [-0.3, -0.25) is 9.78 Å². The fraction of sp³-hybridized carbons (Fsp3) is 0.167. The summed E-state index contributed by atoms with van der Waals surface area (Å²) in [6.07, 6.45) is 3.35. The molecule has 0 unspecified atom stereocenters. The van der Waals surface area contributed by atoms with Crippen LogP contribution in [0.25, 0.3) is 28.1 Å². The molecule has 0 fully saturated rings. The maximum absolute atomic E-state index is 4.65. The van der Waals surface area contributed by atoms with Crippen molar-refractivity contribution >= 4 is 32.6 Å². The Morgan fingerprint density at radius 2 is 1.93 bits per heavy atom. The van der Waals surface area contributed by atoms with Gasteiger partial charge in [-0.2, -0.15) is 10.2 Å². The summed E-state index contributed by atoms with van der Waals surface area (Å²) in [6.45, 7) is 4.78. The minimum absolute atomic E-state index is 0.658. The van der Waals surface area contributed by atoms with Crippen LogP contribution in [0.15, 0.2) is 41.3 Å². The van der Waals surface area contributed by atoms with Gasteiger partial charge in [0.05, 0.1) is 34.0 Å². The van der Waals surface area contributed by atoms with Crippen LogP contribution in [0.1, 0.15) is 17.0 Å². The van der Waals surface area contributed by atoms with E-state index in [9.17, 15) is 0 Å². The molecule has 0 aliphatic heterocycles. The first-order valence-electron chi connectivity index (χ1n) is 8.43. The molecule has 0 saturated heterocycles. The lowest BCUT2D eigenvalue weighted by Crippen LogP contribution is -2.03. The Labute approximate surface area is 162 Å². The Bertz CT molecular complexity index is 1280. The van der Waals surface area contributed by atoms with Crippen molar-refractivity contribution < 1.29 is 0 Å². The van der Waals surface area contributed by atoms with Crippen molar-refractivity contribution in [1.29, 1.82) is 0 Å². The number of nitrogens with zero attached hydrogens (tertiary/aromatic N) is 7. The van der Waals surface area contributed by atoms with E-state index in [1.807, 2.05) is 23.7 Å². The van der Waals surface area contributed by atoms with E-state index in [0.717, 1.165) is 39.0 Å². The molecule has 4 aromatic heterocycles. The molecule has 1 aromatic carbocycles. The molecule has 0 bridgehead atoms. The first-order chi connectivity index (χ1) is 13.1. The van der Waals surface area contributed by atoms with Crippen molar-refractivity contribution in [2.24, 2.45) is 0 Å². The summed E-state index contributed by atoms with van der Waals surface area (Å²) >= 11 is 3.57. The van der Waals surface area contributed by atoms with Crippen LogP contribution >= 0.6 is 15.9 Å². The normalized spacial score (nSPS) is 11.7. The molecule has 27 heavy (non-hydrogen) atoms. The smallest absolute Gasteiger partial charge is 0.182 e. The number of hydrogen-bond acceptors (Lipinski definition) is 5. The third-order valence-electron chi connectivity index (χ3n) is 4.63.